The molecule has 3 unspecified atom stereocenters. The molecule has 1 aliphatic carbocycles. The van der Waals surface area contributed by atoms with Crippen molar-refractivity contribution < 1.29 is 0 Å². The van der Waals surface area contributed by atoms with Crippen molar-refractivity contribution in [3.8, 4) is 0 Å². The molecule has 5 rings (SSSR count). The van der Waals surface area contributed by atoms with Crippen molar-refractivity contribution >= 4 is 0 Å². The number of likely N-dealkylation sites (N-methyl/N-ethyl adjacent to an activating group) is 2. The van der Waals surface area contributed by atoms with Gasteiger partial charge in [0.2, 0.25) is 0 Å². The molecule has 0 aromatic heterocycles. The number of rotatable bonds is 3. The van der Waals surface area contributed by atoms with E-state index in [9.17, 15) is 0 Å². The Morgan fingerprint density at radius 1 is 0.900 bits per heavy atom. The lowest BCUT2D eigenvalue weighted by molar-refractivity contribution is 0.0614. The molecule has 2 fully saturated rings. The van der Waals surface area contributed by atoms with Crippen LogP contribution < -0.4 is 0 Å². The van der Waals surface area contributed by atoms with Gasteiger partial charge in [-0.15, -0.1) is 0 Å². The largest absolute Gasteiger partial charge is 0.368 e. The molecule has 0 saturated carbocycles. The zero-order valence-corrected chi connectivity index (χ0v) is 18.8. The van der Waals surface area contributed by atoms with E-state index >= 15 is 0 Å². The Kier molecular flexibility index (Phi) is 5.99. The molecule has 0 bridgehead atoms. The zero-order chi connectivity index (χ0) is 20.5. The minimum atomic E-state index is 0.503. The number of likely N-dealkylation sites (tertiary alicyclic amines) is 1. The number of aryl methyl sites for hydroxylation is 1. The second kappa shape index (κ2) is 8.86. The predicted molar refractivity (Wildman–Crippen MR) is 125 cm³/mol. The van der Waals surface area contributed by atoms with Crippen LogP contribution in [0.3, 0.4) is 0 Å². The van der Waals surface area contributed by atoms with Gasteiger partial charge in [0, 0.05) is 51.0 Å². The summed E-state index contributed by atoms with van der Waals surface area (Å²) in [7, 11) is 4.55. The summed E-state index contributed by atoms with van der Waals surface area (Å²) < 4.78 is 0. The molecule has 4 heteroatoms. The minimum Gasteiger partial charge on any atom is -0.368 e. The third-order valence-electron chi connectivity index (χ3n) is 7.89. The first-order valence-electron chi connectivity index (χ1n) is 12.1. The second-order valence-electron chi connectivity index (χ2n) is 9.81. The zero-order valence-electron chi connectivity index (χ0n) is 18.8. The Balaban J connectivity index is 1.47. The Labute approximate surface area is 182 Å². The van der Waals surface area contributed by atoms with Crippen LogP contribution in [0.1, 0.15) is 42.9 Å². The van der Waals surface area contributed by atoms with Crippen LogP contribution in [0, 0.1) is 0 Å². The molecule has 2 saturated heterocycles. The van der Waals surface area contributed by atoms with Crippen LogP contribution in [0.15, 0.2) is 48.2 Å². The lowest BCUT2D eigenvalue weighted by atomic mass is 9.92. The number of piperazine rings is 1. The van der Waals surface area contributed by atoms with E-state index in [4.69, 9.17) is 0 Å². The van der Waals surface area contributed by atoms with Gasteiger partial charge in [-0.2, -0.15) is 0 Å². The van der Waals surface area contributed by atoms with E-state index in [1.165, 1.54) is 70.4 Å². The highest BCUT2D eigenvalue weighted by Crippen LogP contribution is 2.38. The van der Waals surface area contributed by atoms with Gasteiger partial charge >= 0.3 is 0 Å². The predicted octanol–water partition coefficient (Wildman–Crippen LogP) is 3.53. The standard InChI is InChI=1S/C26H38N4/c1-27-16-18-29(19-17-27)26-23-11-4-3-8-21(23)9-5-12-25(26)30-15-6-10-22(20-30)24-13-7-14-28(24)2/h3-4,6,8,10-11,20,24-26H,5,7,9,12-19H2,1-2H3. The maximum absolute atomic E-state index is 2.79. The summed E-state index contributed by atoms with van der Waals surface area (Å²) in [5.41, 5.74) is 4.69. The SMILES string of the molecule is CN1CCN(C2c3ccccc3CCCC2N2C=C(C3CCCN3C)C=CC2)CC1. The van der Waals surface area contributed by atoms with Crippen molar-refractivity contribution in [3.63, 3.8) is 0 Å². The second-order valence-corrected chi connectivity index (χ2v) is 9.81. The minimum absolute atomic E-state index is 0.503. The monoisotopic (exact) mass is 406 g/mol. The number of hydrogen-bond donors (Lipinski definition) is 0. The average molecular weight is 407 g/mol. The summed E-state index contributed by atoms with van der Waals surface area (Å²) >= 11 is 0. The summed E-state index contributed by atoms with van der Waals surface area (Å²) in [4.78, 5) is 10.5. The third kappa shape index (κ3) is 3.98. The van der Waals surface area contributed by atoms with E-state index < -0.39 is 0 Å². The van der Waals surface area contributed by atoms with Gasteiger partial charge in [0.15, 0.2) is 0 Å². The van der Waals surface area contributed by atoms with E-state index in [0.29, 0.717) is 18.1 Å². The van der Waals surface area contributed by atoms with E-state index in [1.54, 1.807) is 11.1 Å². The first-order valence-corrected chi connectivity index (χ1v) is 12.1. The number of fused-ring (bicyclic) bond motifs is 1. The fourth-order valence-corrected chi connectivity index (χ4v) is 6.16. The van der Waals surface area contributed by atoms with Crippen LogP contribution in [-0.2, 0) is 6.42 Å². The molecule has 0 amide bonds. The van der Waals surface area contributed by atoms with E-state index in [1.807, 2.05) is 0 Å². The van der Waals surface area contributed by atoms with Gasteiger partial charge in [-0.25, -0.2) is 0 Å². The molecule has 4 aliphatic rings. The fourth-order valence-electron chi connectivity index (χ4n) is 6.16. The lowest BCUT2D eigenvalue weighted by Crippen LogP contribution is -2.51. The molecule has 3 aliphatic heterocycles. The molecule has 3 heterocycles. The van der Waals surface area contributed by atoms with Gasteiger partial charge in [0.05, 0.1) is 6.04 Å². The van der Waals surface area contributed by atoms with Crippen molar-refractivity contribution in [2.75, 3.05) is 53.4 Å². The Morgan fingerprint density at radius 2 is 1.73 bits per heavy atom. The van der Waals surface area contributed by atoms with Gasteiger partial charge in [-0.1, -0.05) is 36.4 Å². The van der Waals surface area contributed by atoms with Gasteiger partial charge < -0.3 is 9.80 Å². The van der Waals surface area contributed by atoms with E-state index in [2.05, 4.69) is 76.3 Å². The molecule has 1 aromatic rings. The van der Waals surface area contributed by atoms with Gasteiger partial charge in [0.1, 0.15) is 0 Å². The topological polar surface area (TPSA) is 13.0 Å². The normalized spacial score (nSPS) is 31.5. The first kappa shape index (κ1) is 20.3. The van der Waals surface area contributed by atoms with Gasteiger partial charge in [0.25, 0.3) is 0 Å². The van der Waals surface area contributed by atoms with Crippen LogP contribution in [0.25, 0.3) is 0 Å². The highest BCUT2D eigenvalue weighted by molar-refractivity contribution is 5.35. The average Bonchev–Trinajstić information content (AvgIpc) is 3.11. The van der Waals surface area contributed by atoms with Crippen molar-refractivity contribution in [1.29, 1.82) is 0 Å². The van der Waals surface area contributed by atoms with Crippen molar-refractivity contribution in [3.05, 3.63) is 59.3 Å². The molecule has 4 nitrogen and oxygen atoms in total. The number of hydrogen-bond acceptors (Lipinski definition) is 4. The quantitative estimate of drug-likeness (QED) is 0.712. The Hall–Kier alpha value is -1.62. The summed E-state index contributed by atoms with van der Waals surface area (Å²) in [6.07, 6.45) is 13.8. The number of nitrogens with zero attached hydrogens (tertiary/aromatic N) is 4. The molecule has 3 atom stereocenters. The molecular weight excluding hydrogens is 368 g/mol. The summed E-state index contributed by atoms with van der Waals surface area (Å²) in [6, 6.07) is 11.0. The molecular formula is C26H38N4. The maximum Gasteiger partial charge on any atom is 0.0555 e. The Morgan fingerprint density at radius 3 is 2.53 bits per heavy atom. The Bertz CT molecular complexity index is 792. The highest BCUT2D eigenvalue weighted by Gasteiger charge is 2.37. The van der Waals surface area contributed by atoms with Crippen LogP contribution >= 0.6 is 0 Å². The summed E-state index contributed by atoms with van der Waals surface area (Å²) in [5.74, 6) is 0. The maximum atomic E-state index is 2.79. The summed E-state index contributed by atoms with van der Waals surface area (Å²) in [6.45, 7) is 7.00. The van der Waals surface area contributed by atoms with Crippen LogP contribution in [0.2, 0.25) is 0 Å². The molecule has 30 heavy (non-hydrogen) atoms. The first-order chi connectivity index (χ1) is 14.7. The highest BCUT2D eigenvalue weighted by atomic mass is 15.3. The molecule has 1 aromatic carbocycles. The fraction of sp³-hybridized carbons (Fsp3) is 0.615. The number of benzene rings is 1. The van der Waals surface area contributed by atoms with Crippen LogP contribution in [-0.4, -0.2) is 85.0 Å². The van der Waals surface area contributed by atoms with Crippen molar-refractivity contribution in [2.45, 2.75) is 50.2 Å². The molecule has 0 radical (unpaired) electrons. The van der Waals surface area contributed by atoms with Gasteiger partial charge in [-0.3, -0.25) is 9.80 Å². The smallest absolute Gasteiger partial charge is 0.0555 e. The van der Waals surface area contributed by atoms with E-state index in [-0.39, 0.29) is 0 Å². The van der Waals surface area contributed by atoms with Crippen LogP contribution in [0.4, 0.5) is 0 Å². The molecule has 0 spiro atoms. The van der Waals surface area contributed by atoms with Gasteiger partial charge in [-0.05, 0) is 69.4 Å². The van der Waals surface area contributed by atoms with E-state index in [0.717, 1.165) is 6.54 Å². The lowest BCUT2D eigenvalue weighted by Gasteiger charge is -2.45. The molecule has 162 valence electrons. The van der Waals surface area contributed by atoms with Crippen LogP contribution in [0.5, 0.6) is 0 Å². The molecule has 0 N–H and O–H groups in total. The van der Waals surface area contributed by atoms with Crippen molar-refractivity contribution in [2.24, 2.45) is 0 Å². The third-order valence-corrected chi connectivity index (χ3v) is 7.89. The van der Waals surface area contributed by atoms with Crippen molar-refractivity contribution in [1.82, 2.24) is 19.6 Å². The summed E-state index contributed by atoms with van der Waals surface area (Å²) in [5, 5.41) is 0.